The van der Waals surface area contributed by atoms with E-state index in [1.54, 1.807) is 0 Å². The van der Waals surface area contributed by atoms with Crippen LogP contribution in [0.15, 0.2) is 89.3 Å². The van der Waals surface area contributed by atoms with Crippen LogP contribution in [0.3, 0.4) is 0 Å². The predicted molar refractivity (Wildman–Crippen MR) is 128 cm³/mol. The topological polar surface area (TPSA) is 65.5 Å². The standard InChI is InChI=1S/C27H24N4O2/c28-19-25-27(31-17-15-30(16-18-31)23-9-5-2-6-10-23)33-26(29-25)22-11-13-24(14-12-22)32-20-21-7-3-1-4-8-21/h1-14H,15-18,20H2. The van der Waals surface area contributed by atoms with Gasteiger partial charge in [0.15, 0.2) is 0 Å². The SMILES string of the molecule is N#Cc1nc(-c2ccc(OCc3ccccc3)cc2)oc1N1CCN(c2ccccc2)CC1. The maximum Gasteiger partial charge on any atom is 0.235 e. The van der Waals surface area contributed by atoms with Gasteiger partial charge in [0, 0.05) is 37.4 Å². The first-order chi connectivity index (χ1) is 16.3. The molecule has 1 fully saturated rings. The van der Waals surface area contributed by atoms with E-state index in [9.17, 15) is 5.26 Å². The van der Waals surface area contributed by atoms with Crippen molar-refractivity contribution < 1.29 is 9.15 Å². The van der Waals surface area contributed by atoms with E-state index in [-0.39, 0.29) is 0 Å². The number of benzene rings is 3. The fraction of sp³-hybridized carbons (Fsp3) is 0.185. The highest BCUT2D eigenvalue weighted by atomic mass is 16.5. The smallest absolute Gasteiger partial charge is 0.235 e. The molecular weight excluding hydrogens is 412 g/mol. The fourth-order valence-electron chi connectivity index (χ4n) is 3.96. The lowest BCUT2D eigenvalue weighted by Crippen LogP contribution is -2.46. The van der Waals surface area contributed by atoms with Gasteiger partial charge in [0.05, 0.1) is 0 Å². The molecule has 5 rings (SSSR count). The van der Waals surface area contributed by atoms with E-state index < -0.39 is 0 Å². The summed E-state index contributed by atoms with van der Waals surface area (Å²) in [4.78, 5) is 8.89. The minimum Gasteiger partial charge on any atom is -0.489 e. The molecule has 0 amide bonds. The van der Waals surface area contributed by atoms with Gasteiger partial charge in [-0.05, 0) is 42.0 Å². The Balaban J connectivity index is 1.26. The molecule has 0 radical (unpaired) electrons. The molecule has 0 spiro atoms. The van der Waals surface area contributed by atoms with E-state index in [0.29, 0.717) is 24.1 Å². The van der Waals surface area contributed by atoms with E-state index in [1.165, 1.54) is 5.69 Å². The summed E-state index contributed by atoms with van der Waals surface area (Å²) in [5.41, 5.74) is 3.46. The molecule has 0 N–H and O–H groups in total. The van der Waals surface area contributed by atoms with Crippen LogP contribution in [0.4, 0.5) is 11.6 Å². The monoisotopic (exact) mass is 436 g/mol. The minimum atomic E-state index is 0.322. The number of hydrogen-bond acceptors (Lipinski definition) is 6. The van der Waals surface area contributed by atoms with Crippen molar-refractivity contribution in [2.24, 2.45) is 0 Å². The molecule has 2 heterocycles. The van der Waals surface area contributed by atoms with Gasteiger partial charge in [-0.1, -0.05) is 48.5 Å². The number of anilines is 2. The van der Waals surface area contributed by atoms with Crippen LogP contribution in [0.25, 0.3) is 11.5 Å². The average Bonchev–Trinajstić information content (AvgIpc) is 3.34. The summed E-state index contributed by atoms with van der Waals surface area (Å²) in [6.45, 7) is 3.77. The molecule has 164 valence electrons. The first-order valence-corrected chi connectivity index (χ1v) is 11.0. The van der Waals surface area contributed by atoms with Gasteiger partial charge >= 0.3 is 0 Å². The van der Waals surface area contributed by atoms with Crippen molar-refractivity contribution in [1.82, 2.24) is 4.98 Å². The van der Waals surface area contributed by atoms with Crippen molar-refractivity contribution in [3.05, 3.63) is 96.2 Å². The Morgan fingerprint density at radius 1 is 0.818 bits per heavy atom. The Bertz CT molecular complexity index is 1220. The molecule has 0 atom stereocenters. The summed E-state index contributed by atoms with van der Waals surface area (Å²) in [7, 11) is 0. The van der Waals surface area contributed by atoms with Crippen LogP contribution >= 0.6 is 0 Å². The van der Waals surface area contributed by atoms with Crippen molar-refractivity contribution in [3.63, 3.8) is 0 Å². The zero-order valence-corrected chi connectivity index (χ0v) is 18.2. The van der Waals surface area contributed by atoms with E-state index in [2.05, 4.69) is 45.1 Å². The van der Waals surface area contributed by atoms with Crippen LogP contribution in [0.2, 0.25) is 0 Å². The molecule has 6 nitrogen and oxygen atoms in total. The molecule has 0 saturated carbocycles. The molecule has 4 aromatic rings. The largest absolute Gasteiger partial charge is 0.489 e. The van der Waals surface area contributed by atoms with Gasteiger partial charge in [-0.25, -0.2) is 0 Å². The molecular formula is C27H24N4O2. The van der Waals surface area contributed by atoms with Crippen molar-refractivity contribution in [2.45, 2.75) is 6.61 Å². The second-order valence-corrected chi connectivity index (χ2v) is 7.89. The number of aromatic nitrogens is 1. The number of nitrogens with zero attached hydrogens (tertiary/aromatic N) is 4. The van der Waals surface area contributed by atoms with Crippen molar-refractivity contribution >= 4 is 11.6 Å². The Kier molecular flexibility index (Phi) is 5.94. The normalized spacial score (nSPS) is 13.5. The Morgan fingerprint density at radius 2 is 1.45 bits per heavy atom. The van der Waals surface area contributed by atoms with E-state index in [0.717, 1.165) is 43.1 Å². The fourth-order valence-corrected chi connectivity index (χ4v) is 3.96. The second-order valence-electron chi connectivity index (χ2n) is 7.89. The number of piperazine rings is 1. The van der Waals surface area contributed by atoms with E-state index in [1.807, 2.05) is 60.7 Å². The number of para-hydroxylation sites is 1. The maximum absolute atomic E-state index is 9.63. The first kappa shape index (κ1) is 20.7. The van der Waals surface area contributed by atoms with Gasteiger partial charge in [-0.15, -0.1) is 0 Å². The average molecular weight is 437 g/mol. The third-order valence-electron chi connectivity index (χ3n) is 5.75. The number of nitriles is 1. The van der Waals surface area contributed by atoms with Gasteiger partial charge in [0.25, 0.3) is 0 Å². The van der Waals surface area contributed by atoms with Crippen LogP contribution < -0.4 is 14.5 Å². The highest BCUT2D eigenvalue weighted by Crippen LogP contribution is 2.30. The molecule has 3 aromatic carbocycles. The van der Waals surface area contributed by atoms with Gasteiger partial charge in [0.1, 0.15) is 18.4 Å². The zero-order chi connectivity index (χ0) is 22.5. The highest BCUT2D eigenvalue weighted by Gasteiger charge is 2.24. The molecule has 6 heteroatoms. The summed E-state index contributed by atoms with van der Waals surface area (Å²) in [5, 5.41) is 9.63. The molecule has 33 heavy (non-hydrogen) atoms. The lowest BCUT2D eigenvalue weighted by molar-refractivity contribution is 0.306. The summed E-state index contributed by atoms with van der Waals surface area (Å²) in [6.07, 6.45) is 0. The number of rotatable bonds is 6. The third kappa shape index (κ3) is 4.68. The second kappa shape index (κ2) is 9.49. The number of hydrogen-bond donors (Lipinski definition) is 0. The minimum absolute atomic E-state index is 0.322. The van der Waals surface area contributed by atoms with Crippen molar-refractivity contribution in [3.8, 4) is 23.3 Å². The summed E-state index contributed by atoms with van der Waals surface area (Å²) in [6, 6.07) is 30.2. The molecule has 1 aromatic heterocycles. The van der Waals surface area contributed by atoms with Crippen LogP contribution in [0, 0.1) is 11.3 Å². The van der Waals surface area contributed by atoms with E-state index in [4.69, 9.17) is 9.15 Å². The van der Waals surface area contributed by atoms with Gasteiger partial charge in [-0.3, -0.25) is 0 Å². The first-order valence-electron chi connectivity index (χ1n) is 11.0. The number of ether oxygens (including phenoxy) is 1. The van der Waals surface area contributed by atoms with Gasteiger partial charge < -0.3 is 19.0 Å². The third-order valence-corrected chi connectivity index (χ3v) is 5.75. The van der Waals surface area contributed by atoms with Crippen LogP contribution in [0.1, 0.15) is 11.3 Å². The van der Waals surface area contributed by atoms with Crippen molar-refractivity contribution in [1.29, 1.82) is 5.26 Å². The molecule has 1 aliphatic heterocycles. The molecule has 1 aliphatic rings. The lowest BCUT2D eigenvalue weighted by Gasteiger charge is -2.35. The quantitative estimate of drug-likeness (QED) is 0.418. The van der Waals surface area contributed by atoms with Crippen LogP contribution in [-0.2, 0) is 6.61 Å². The van der Waals surface area contributed by atoms with Gasteiger partial charge in [-0.2, -0.15) is 10.2 Å². The molecule has 0 aliphatic carbocycles. The predicted octanol–water partition coefficient (Wildman–Crippen LogP) is 5.12. The summed E-state index contributed by atoms with van der Waals surface area (Å²) >= 11 is 0. The van der Waals surface area contributed by atoms with Gasteiger partial charge in [0.2, 0.25) is 17.5 Å². The Hall–Kier alpha value is -4.24. The molecule has 0 unspecified atom stereocenters. The zero-order valence-electron chi connectivity index (χ0n) is 18.2. The van der Waals surface area contributed by atoms with E-state index >= 15 is 0 Å². The molecule has 1 saturated heterocycles. The maximum atomic E-state index is 9.63. The Morgan fingerprint density at radius 3 is 2.12 bits per heavy atom. The van der Waals surface area contributed by atoms with Crippen LogP contribution in [0.5, 0.6) is 5.75 Å². The Labute approximate surface area is 193 Å². The summed E-state index contributed by atoms with van der Waals surface area (Å²) in [5.74, 6) is 1.76. The van der Waals surface area contributed by atoms with Crippen molar-refractivity contribution in [2.75, 3.05) is 36.0 Å². The highest BCUT2D eigenvalue weighted by molar-refractivity contribution is 5.61. The summed E-state index contributed by atoms with van der Waals surface area (Å²) < 4.78 is 11.9. The molecule has 0 bridgehead atoms. The van der Waals surface area contributed by atoms with Crippen LogP contribution in [-0.4, -0.2) is 31.2 Å². The number of oxazole rings is 1. The lowest BCUT2D eigenvalue weighted by atomic mass is 10.2.